The first-order valence-electron chi connectivity index (χ1n) is 12.8. The molecule has 0 saturated heterocycles. The van der Waals surface area contributed by atoms with E-state index in [4.69, 9.17) is 4.74 Å². The number of carboxylic acids is 1. The number of aromatic nitrogens is 1. The summed E-state index contributed by atoms with van der Waals surface area (Å²) in [6.45, 7) is 3.88. The van der Waals surface area contributed by atoms with Crippen LogP contribution in [-0.4, -0.2) is 40.0 Å². The molecule has 5 aliphatic heterocycles. The summed E-state index contributed by atoms with van der Waals surface area (Å²) in [5.74, 6) is -0.584. The Hall–Kier alpha value is -3.67. The molecule has 0 radical (unpaired) electrons. The maximum atomic E-state index is 13.4. The average Bonchev–Trinajstić information content (AvgIpc) is 2.89. The van der Waals surface area contributed by atoms with E-state index in [0.717, 1.165) is 59.9 Å². The lowest BCUT2D eigenvalue weighted by molar-refractivity contribution is -0.137. The molecule has 8 rings (SSSR count). The van der Waals surface area contributed by atoms with Gasteiger partial charge in [-0.2, -0.15) is 0 Å². The van der Waals surface area contributed by atoms with Gasteiger partial charge < -0.3 is 14.7 Å². The van der Waals surface area contributed by atoms with Crippen LogP contribution in [0.3, 0.4) is 0 Å². The standard InChI is InChI=1S/C30H32N2O4/c1-20-15-24-9-6-21(20)5-3-2-4-14-36-28-11-10-25(18-31-28)27(17-29(33)34)23-8-7-22-12-13-32(30(24)35)19-26(22)16-23/h6-11,15-16,18,27H,2-5,12-14,17,19H2,1H3,(H,33,34). The van der Waals surface area contributed by atoms with E-state index < -0.39 is 5.97 Å². The molecule has 1 atom stereocenters. The number of carboxylic acid groups (broad SMARTS) is 1. The summed E-state index contributed by atoms with van der Waals surface area (Å²) >= 11 is 0. The van der Waals surface area contributed by atoms with Crippen LogP contribution in [0.2, 0.25) is 0 Å². The van der Waals surface area contributed by atoms with Gasteiger partial charge in [-0.15, -0.1) is 0 Å². The normalized spacial score (nSPS) is 18.1. The van der Waals surface area contributed by atoms with Gasteiger partial charge in [-0.1, -0.05) is 30.3 Å². The average molecular weight is 485 g/mol. The maximum Gasteiger partial charge on any atom is 0.304 e. The number of carbonyl (C=O) groups excluding carboxylic acids is 1. The smallest absolute Gasteiger partial charge is 0.304 e. The second kappa shape index (κ2) is 10.5. The third-order valence-corrected chi connectivity index (χ3v) is 7.40. The van der Waals surface area contributed by atoms with Crippen molar-refractivity contribution in [3.05, 3.63) is 93.7 Å². The fourth-order valence-corrected chi connectivity index (χ4v) is 5.32. The highest BCUT2D eigenvalue weighted by Gasteiger charge is 2.25. The van der Waals surface area contributed by atoms with Crippen molar-refractivity contribution in [2.24, 2.45) is 0 Å². The summed E-state index contributed by atoms with van der Waals surface area (Å²) in [4.78, 5) is 31.5. The van der Waals surface area contributed by atoms with Crippen LogP contribution in [0.1, 0.15) is 75.3 Å². The van der Waals surface area contributed by atoms with Gasteiger partial charge in [-0.25, -0.2) is 4.98 Å². The van der Waals surface area contributed by atoms with Crippen molar-refractivity contribution in [2.75, 3.05) is 13.2 Å². The molecule has 0 fully saturated rings. The fourth-order valence-electron chi connectivity index (χ4n) is 5.32. The summed E-state index contributed by atoms with van der Waals surface area (Å²) in [6.07, 6.45) is 6.51. The third-order valence-electron chi connectivity index (χ3n) is 7.40. The number of amides is 1. The Morgan fingerprint density at radius 3 is 2.61 bits per heavy atom. The molecule has 3 aromatic rings. The van der Waals surface area contributed by atoms with Crippen molar-refractivity contribution in [1.82, 2.24) is 9.88 Å². The molecule has 6 heteroatoms. The number of hydrogen-bond acceptors (Lipinski definition) is 4. The second-order valence-electron chi connectivity index (χ2n) is 9.89. The zero-order valence-electron chi connectivity index (χ0n) is 20.7. The monoisotopic (exact) mass is 484 g/mol. The van der Waals surface area contributed by atoms with E-state index in [-0.39, 0.29) is 18.2 Å². The Bertz CT molecular complexity index is 1270. The molecular formula is C30H32N2O4. The number of benzene rings is 2. The number of nitrogens with zero attached hydrogens (tertiary/aromatic N) is 2. The second-order valence-corrected chi connectivity index (χ2v) is 9.89. The van der Waals surface area contributed by atoms with Gasteiger partial charge in [0.25, 0.3) is 5.91 Å². The van der Waals surface area contributed by atoms with Gasteiger partial charge in [-0.05, 0) is 84.5 Å². The van der Waals surface area contributed by atoms with Crippen molar-refractivity contribution in [2.45, 2.75) is 57.9 Å². The van der Waals surface area contributed by atoms with Crippen molar-refractivity contribution in [3.8, 4) is 5.88 Å². The van der Waals surface area contributed by atoms with E-state index in [1.807, 2.05) is 35.2 Å². The minimum atomic E-state index is -0.862. The van der Waals surface area contributed by atoms with E-state index in [0.29, 0.717) is 25.6 Å². The van der Waals surface area contributed by atoms with Crippen molar-refractivity contribution in [3.63, 3.8) is 0 Å². The van der Waals surface area contributed by atoms with Gasteiger partial charge in [0.05, 0.1) is 13.0 Å². The molecule has 1 N–H and O–H groups in total. The molecule has 5 aliphatic rings. The molecule has 0 aliphatic carbocycles. The SMILES string of the molecule is Cc1cc2ccc1CCCCCOc1ccc(cn1)C(CC(=O)O)c1ccc3c(c1)CN(CC3)C2=O. The van der Waals surface area contributed by atoms with Crippen LogP contribution in [0.4, 0.5) is 0 Å². The molecule has 0 saturated carbocycles. The van der Waals surface area contributed by atoms with Crippen molar-refractivity contribution >= 4 is 11.9 Å². The Morgan fingerprint density at radius 1 is 1.00 bits per heavy atom. The quantitative estimate of drug-likeness (QED) is 0.534. The number of aryl methyl sites for hydroxylation is 2. The Labute approximate surface area is 211 Å². The van der Waals surface area contributed by atoms with Crippen LogP contribution in [0, 0.1) is 6.92 Å². The number of hydrogen-bond donors (Lipinski definition) is 1. The number of pyridine rings is 1. The predicted molar refractivity (Wildman–Crippen MR) is 137 cm³/mol. The van der Waals surface area contributed by atoms with E-state index in [2.05, 4.69) is 30.1 Å². The summed E-state index contributed by atoms with van der Waals surface area (Å²) in [7, 11) is 0. The minimum absolute atomic E-state index is 0.0328. The zero-order chi connectivity index (χ0) is 25.1. The molecule has 1 unspecified atom stereocenters. The van der Waals surface area contributed by atoms with Crippen LogP contribution in [-0.2, 0) is 24.2 Å². The fraction of sp³-hybridized carbons (Fsp3) is 0.367. The van der Waals surface area contributed by atoms with E-state index >= 15 is 0 Å². The van der Waals surface area contributed by atoms with Crippen molar-refractivity contribution < 1.29 is 19.4 Å². The molecular weight excluding hydrogens is 452 g/mol. The maximum absolute atomic E-state index is 13.4. The Morgan fingerprint density at radius 2 is 1.83 bits per heavy atom. The Balaban J connectivity index is 1.50. The Kier molecular flexibility index (Phi) is 7.03. The van der Waals surface area contributed by atoms with E-state index in [1.165, 1.54) is 11.1 Å². The van der Waals surface area contributed by atoms with Gasteiger partial charge >= 0.3 is 5.97 Å². The molecule has 2 aromatic carbocycles. The molecule has 7 bridgehead atoms. The molecule has 6 heterocycles. The lowest BCUT2D eigenvalue weighted by Crippen LogP contribution is -2.36. The van der Waals surface area contributed by atoms with Crippen LogP contribution < -0.4 is 4.74 Å². The topological polar surface area (TPSA) is 79.7 Å². The van der Waals surface area contributed by atoms with Crippen LogP contribution in [0.5, 0.6) is 5.88 Å². The summed E-state index contributed by atoms with van der Waals surface area (Å²) in [6, 6.07) is 16.0. The van der Waals surface area contributed by atoms with Gasteiger partial charge in [0.1, 0.15) is 0 Å². The van der Waals surface area contributed by atoms with Gasteiger partial charge in [0.15, 0.2) is 0 Å². The zero-order valence-corrected chi connectivity index (χ0v) is 20.7. The van der Waals surface area contributed by atoms with Gasteiger partial charge in [0, 0.05) is 36.8 Å². The molecule has 0 spiro atoms. The largest absolute Gasteiger partial charge is 0.481 e. The van der Waals surface area contributed by atoms with Gasteiger partial charge in [0.2, 0.25) is 5.88 Å². The number of rotatable bonds is 2. The van der Waals surface area contributed by atoms with Gasteiger partial charge in [-0.3, -0.25) is 9.59 Å². The summed E-state index contributed by atoms with van der Waals surface area (Å²) < 4.78 is 5.84. The lowest BCUT2D eigenvalue weighted by Gasteiger charge is -2.30. The first-order chi connectivity index (χ1) is 17.5. The van der Waals surface area contributed by atoms with Crippen LogP contribution in [0.25, 0.3) is 0 Å². The van der Waals surface area contributed by atoms with Crippen LogP contribution in [0.15, 0.2) is 54.7 Å². The molecule has 1 amide bonds. The number of ether oxygens (including phenoxy) is 1. The number of carbonyl (C=O) groups is 2. The molecule has 6 nitrogen and oxygen atoms in total. The summed E-state index contributed by atoms with van der Waals surface area (Å²) in [5.41, 5.74) is 7.22. The highest BCUT2D eigenvalue weighted by atomic mass is 16.5. The highest BCUT2D eigenvalue weighted by molar-refractivity contribution is 5.94. The summed E-state index contributed by atoms with van der Waals surface area (Å²) in [5, 5.41) is 9.64. The minimum Gasteiger partial charge on any atom is -0.481 e. The first-order valence-corrected chi connectivity index (χ1v) is 12.8. The van der Waals surface area contributed by atoms with E-state index in [1.54, 1.807) is 6.20 Å². The number of aliphatic carboxylic acids is 1. The lowest BCUT2D eigenvalue weighted by atomic mass is 9.86. The highest BCUT2D eigenvalue weighted by Crippen LogP contribution is 2.32. The van der Waals surface area contributed by atoms with E-state index in [9.17, 15) is 14.7 Å². The molecule has 1 aromatic heterocycles. The third kappa shape index (κ3) is 5.27. The molecule has 186 valence electrons. The van der Waals surface area contributed by atoms with Crippen LogP contribution >= 0.6 is 0 Å². The predicted octanol–water partition coefficient (Wildman–Crippen LogP) is 5.30. The van der Waals surface area contributed by atoms with Crippen molar-refractivity contribution in [1.29, 1.82) is 0 Å². The first kappa shape index (κ1) is 24.0. The molecule has 36 heavy (non-hydrogen) atoms.